The van der Waals surface area contributed by atoms with Gasteiger partial charge in [-0.3, -0.25) is 15.0 Å². The van der Waals surface area contributed by atoms with Gasteiger partial charge in [-0.05, 0) is 58.8 Å². The number of anilines is 1. The summed E-state index contributed by atoms with van der Waals surface area (Å²) in [7, 11) is 1.53. The zero-order chi connectivity index (χ0) is 18.7. The first-order chi connectivity index (χ1) is 12.5. The molecule has 6 nitrogen and oxygen atoms in total. The van der Waals surface area contributed by atoms with E-state index in [0.29, 0.717) is 33.8 Å². The molecule has 2 aromatic carbocycles. The van der Waals surface area contributed by atoms with Crippen LogP contribution in [0.3, 0.4) is 0 Å². The Hall–Kier alpha value is -2.80. The fourth-order valence-electron chi connectivity index (χ4n) is 2.59. The topological polar surface area (TPSA) is 67.9 Å². The number of amides is 2. The molecule has 0 unspecified atom stereocenters. The molecule has 0 aromatic heterocycles. The van der Waals surface area contributed by atoms with Crippen LogP contribution in [0.1, 0.15) is 12.5 Å². The van der Waals surface area contributed by atoms with Crippen molar-refractivity contribution in [3.8, 4) is 11.5 Å². The van der Waals surface area contributed by atoms with Crippen molar-refractivity contribution in [1.82, 2.24) is 5.43 Å². The summed E-state index contributed by atoms with van der Waals surface area (Å²) >= 11 is 3.44. The van der Waals surface area contributed by atoms with E-state index in [-0.39, 0.29) is 5.57 Å². The molecule has 1 heterocycles. The zero-order valence-electron chi connectivity index (χ0n) is 14.3. The van der Waals surface area contributed by atoms with Crippen LogP contribution in [0.2, 0.25) is 0 Å². The molecular weight excluding hydrogens is 400 g/mol. The number of carbonyl (C=O) groups is 2. The number of benzene rings is 2. The van der Waals surface area contributed by atoms with Gasteiger partial charge in [-0.15, -0.1) is 0 Å². The number of para-hydroxylation sites is 1. The maximum atomic E-state index is 12.6. The van der Waals surface area contributed by atoms with Crippen molar-refractivity contribution in [3.63, 3.8) is 0 Å². The molecule has 1 aliphatic heterocycles. The Kier molecular flexibility index (Phi) is 5.27. The van der Waals surface area contributed by atoms with Crippen LogP contribution in [0.15, 0.2) is 52.5 Å². The van der Waals surface area contributed by atoms with E-state index in [4.69, 9.17) is 9.47 Å². The smallest absolute Gasteiger partial charge is 0.282 e. The van der Waals surface area contributed by atoms with Crippen molar-refractivity contribution >= 4 is 39.5 Å². The average Bonchev–Trinajstić information content (AvgIpc) is 2.92. The molecule has 3 rings (SSSR count). The van der Waals surface area contributed by atoms with Gasteiger partial charge in [0.1, 0.15) is 5.57 Å². The van der Waals surface area contributed by atoms with Crippen LogP contribution in [0.4, 0.5) is 5.69 Å². The highest BCUT2D eigenvalue weighted by Crippen LogP contribution is 2.37. The summed E-state index contributed by atoms with van der Waals surface area (Å²) in [6.07, 6.45) is 1.53. The number of nitrogens with one attached hydrogen (secondary N) is 1. The minimum atomic E-state index is -0.456. The summed E-state index contributed by atoms with van der Waals surface area (Å²) in [5.41, 5.74) is 3.86. The Morgan fingerprint density at radius 1 is 1.19 bits per heavy atom. The van der Waals surface area contributed by atoms with Gasteiger partial charge in [0.25, 0.3) is 11.8 Å². The van der Waals surface area contributed by atoms with E-state index in [2.05, 4.69) is 21.4 Å². The van der Waals surface area contributed by atoms with Gasteiger partial charge >= 0.3 is 0 Å². The second-order valence-corrected chi connectivity index (χ2v) is 6.30. The predicted octanol–water partition coefficient (Wildman–Crippen LogP) is 3.32. The van der Waals surface area contributed by atoms with Crippen LogP contribution in [0.5, 0.6) is 11.5 Å². The summed E-state index contributed by atoms with van der Waals surface area (Å²) in [5.74, 6) is 0.220. The SMILES string of the molecule is CCOc1c(Br)cc(C=C2C(=O)NN(c3ccccc3)C2=O)cc1OC. The molecular formula is C19H17BrN2O4. The second-order valence-electron chi connectivity index (χ2n) is 5.44. The van der Waals surface area contributed by atoms with Crippen LogP contribution in [0.25, 0.3) is 6.08 Å². The predicted molar refractivity (Wildman–Crippen MR) is 102 cm³/mol. The molecule has 134 valence electrons. The molecule has 2 aromatic rings. The summed E-state index contributed by atoms with van der Waals surface area (Å²) < 4.78 is 11.6. The number of carbonyl (C=O) groups excluding carboxylic acids is 2. The summed E-state index contributed by atoms with van der Waals surface area (Å²) in [6, 6.07) is 12.4. The van der Waals surface area contributed by atoms with Gasteiger partial charge < -0.3 is 9.47 Å². The fraction of sp³-hybridized carbons (Fsp3) is 0.158. The van der Waals surface area contributed by atoms with E-state index < -0.39 is 11.8 Å². The Morgan fingerprint density at radius 3 is 2.58 bits per heavy atom. The third-order valence-corrected chi connectivity index (χ3v) is 4.35. The highest BCUT2D eigenvalue weighted by molar-refractivity contribution is 9.10. The molecule has 1 aliphatic rings. The number of rotatable bonds is 5. The van der Waals surface area contributed by atoms with Crippen molar-refractivity contribution in [3.05, 3.63) is 58.1 Å². The Bertz CT molecular complexity index is 881. The summed E-state index contributed by atoms with van der Waals surface area (Å²) in [4.78, 5) is 24.9. The van der Waals surface area contributed by atoms with Gasteiger partial charge in [0, 0.05) is 0 Å². The van der Waals surface area contributed by atoms with Crippen molar-refractivity contribution in [1.29, 1.82) is 0 Å². The maximum absolute atomic E-state index is 12.6. The molecule has 0 spiro atoms. The van der Waals surface area contributed by atoms with E-state index in [1.54, 1.807) is 36.4 Å². The summed E-state index contributed by atoms with van der Waals surface area (Å²) in [5, 5.41) is 1.23. The average molecular weight is 417 g/mol. The lowest BCUT2D eigenvalue weighted by molar-refractivity contribution is -0.117. The number of hydrogen-bond acceptors (Lipinski definition) is 4. The van der Waals surface area contributed by atoms with Gasteiger partial charge in [-0.25, -0.2) is 5.01 Å². The van der Waals surface area contributed by atoms with Gasteiger partial charge in [-0.2, -0.15) is 0 Å². The van der Waals surface area contributed by atoms with Gasteiger partial charge in [0.15, 0.2) is 11.5 Å². The molecule has 0 bridgehead atoms. The van der Waals surface area contributed by atoms with E-state index in [1.807, 2.05) is 13.0 Å². The van der Waals surface area contributed by atoms with Crippen molar-refractivity contribution in [2.24, 2.45) is 0 Å². The lowest BCUT2D eigenvalue weighted by atomic mass is 10.1. The normalized spacial score (nSPS) is 15.3. The molecule has 26 heavy (non-hydrogen) atoms. The summed E-state index contributed by atoms with van der Waals surface area (Å²) in [6.45, 7) is 2.36. The zero-order valence-corrected chi connectivity index (χ0v) is 15.9. The lowest BCUT2D eigenvalue weighted by Gasteiger charge is -2.14. The molecule has 0 atom stereocenters. The lowest BCUT2D eigenvalue weighted by Crippen LogP contribution is -2.35. The van der Waals surface area contributed by atoms with Crippen molar-refractivity contribution in [2.45, 2.75) is 6.92 Å². The van der Waals surface area contributed by atoms with Crippen LogP contribution in [-0.2, 0) is 9.59 Å². The van der Waals surface area contributed by atoms with Gasteiger partial charge in [-0.1, -0.05) is 18.2 Å². The first-order valence-electron chi connectivity index (χ1n) is 7.97. The standard InChI is InChI=1S/C19H17BrN2O4/c1-3-26-17-15(20)10-12(11-16(17)25-2)9-14-18(23)21-22(19(14)24)13-7-5-4-6-8-13/h4-11H,3H2,1-2H3,(H,21,23). The molecule has 1 N–H and O–H groups in total. The van der Waals surface area contributed by atoms with E-state index >= 15 is 0 Å². The molecule has 7 heteroatoms. The molecule has 1 fully saturated rings. The number of halogens is 1. The number of nitrogens with zero attached hydrogens (tertiary/aromatic N) is 1. The van der Waals surface area contributed by atoms with Gasteiger partial charge in [0.05, 0.1) is 23.9 Å². The maximum Gasteiger partial charge on any atom is 0.282 e. The number of hydrogen-bond donors (Lipinski definition) is 1. The monoisotopic (exact) mass is 416 g/mol. The quantitative estimate of drug-likeness (QED) is 0.599. The van der Waals surface area contributed by atoms with E-state index in [1.165, 1.54) is 18.2 Å². The van der Waals surface area contributed by atoms with Crippen LogP contribution >= 0.6 is 15.9 Å². The minimum absolute atomic E-state index is 0.0481. The number of hydrazine groups is 1. The fourth-order valence-corrected chi connectivity index (χ4v) is 3.16. The Morgan fingerprint density at radius 2 is 1.92 bits per heavy atom. The van der Waals surface area contributed by atoms with Gasteiger partial charge in [0.2, 0.25) is 0 Å². The second kappa shape index (κ2) is 7.61. The largest absolute Gasteiger partial charge is 0.493 e. The third-order valence-electron chi connectivity index (χ3n) is 3.76. The highest BCUT2D eigenvalue weighted by atomic mass is 79.9. The number of methoxy groups -OCH3 is 1. The Labute approximate surface area is 159 Å². The Balaban J connectivity index is 1.96. The highest BCUT2D eigenvalue weighted by Gasteiger charge is 2.34. The number of ether oxygens (including phenoxy) is 2. The third kappa shape index (κ3) is 3.43. The van der Waals surface area contributed by atoms with Crippen LogP contribution in [-0.4, -0.2) is 25.5 Å². The molecule has 2 amide bonds. The first kappa shape index (κ1) is 18.0. The van der Waals surface area contributed by atoms with E-state index in [9.17, 15) is 9.59 Å². The van der Waals surface area contributed by atoms with Crippen molar-refractivity contribution in [2.75, 3.05) is 18.7 Å². The molecule has 0 radical (unpaired) electrons. The van der Waals surface area contributed by atoms with E-state index in [0.717, 1.165) is 0 Å². The minimum Gasteiger partial charge on any atom is -0.493 e. The van der Waals surface area contributed by atoms with Crippen molar-refractivity contribution < 1.29 is 19.1 Å². The molecule has 1 saturated heterocycles. The van der Waals surface area contributed by atoms with Crippen LogP contribution < -0.4 is 19.9 Å². The molecule has 0 saturated carbocycles. The van der Waals surface area contributed by atoms with Crippen LogP contribution in [0, 0.1) is 0 Å². The molecule has 0 aliphatic carbocycles. The first-order valence-corrected chi connectivity index (χ1v) is 8.77.